The number of benzene rings is 1. The number of carbonyl (C=O) groups is 4. The highest BCUT2D eigenvalue weighted by Crippen LogP contribution is 2.29. The summed E-state index contributed by atoms with van der Waals surface area (Å²) in [6.45, 7) is 3.76. The third-order valence-corrected chi connectivity index (χ3v) is 8.96. The van der Waals surface area contributed by atoms with Gasteiger partial charge in [-0.25, -0.2) is 23.2 Å². The minimum atomic E-state index is -2.67. The molecule has 11 nitrogen and oxygen atoms in total. The second-order valence-electron chi connectivity index (χ2n) is 13.3. The number of ether oxygens (including phenoxy) is 5. The van der Waals surface area contributed by atoms with Gasteiger partial charge < -0.3 is 34.1 Å². The van der Waals surface area contributed by atoms with Gasteiger partial charge >= 0.3 is 17.9 Å². The van der Waals surface area contributed by atoms with Crippen LogP contribution in [0.15, 0.2) is 36.4 Å². The van der Waals surface area contributed by atoms with Gasteiger partial charge in [0.15, 0.2) is 12.2 Å². The SMILES string of the molecule is CCCCCCCC(F)(F)CCCCCCC=C[C@H](C(=O)N[C@@H](Cc1ccc(OCCCC)cc1)C(=O)OC)[C@@](O)(CCOC)C(=O)OCC(=O)OC. The Labute approximate surface area is 314 Å². The number of unbranched alkanes of at least 4 members (excludes halogenated alkanes) is 9. The van der Waals surface area contributed by atoms with Crippen LogP contribution in [0.5, 0.6) is 5.75 Å². The average Bonchev–Trinajstić information content (AvgIpc) is 3.15. The molecule has 0 aromatic heterocycles. The van der Waals surface area contributed by atoms with Crippen molar-refractivity contribution >= 4 is 23.8 Å². The number of esters is 3. The third kappa shape index (κ3) is 19.4. The minimum Gasteiger partial charge on any atom is -0.494 e. The molecule has 0 aliphatic rings. The standard InChI is InChI=1S/C40H63F2NO10/c1-6-8-10-14-17-24-39(41,42)25-18-15-12-11-13-16-19-33(40(48,26-28-49-3)38(47)53-30-35(44)50-4)36(45)43-34(37(46)51-5)29-31-20-22-32(23-21-31)52-27-9-7-2/h16,19-23,33-34,48H,6-15,17-18,24-30H2,1-5H3,(H,43,45)/t33-,34+,40+/m1/s1. The molecule has 0 radical (unpaired) electrons. The van der Waals surface area contributed by atoms with E-state index in [0.29, 0.717) is 56.4 Å². The minimum absolute atomic E-state index is 0.0330. The van der Waals surface area contributed by atoms with E-state index in [-0.39, 0.29) is 32.3 Å². The zero-order valence-electron chi connectivity index (χ0n) is 32.4. The maximum Gasteiger partial charge on any atom is 0.344 e. The molecular formula is C40H63F2NO10. The van der Waals surface area contributed by atoms with E-state index in [2.05, 4.69) is 23.9 Å². The number of aliphatic hydroxyl groups is 1. The fourth-order valence-corrected chi connectivity index (χ4v) is 5.65. The van der Waals surface area contributed by atoms with Crippen molar-refractivity contribution in [3.8, 4) is 5.75 Å². The van der Waals surface area contributed by atoms with Crippen LogP contribution in [0, 0.1) is 5.92 Å². The molecule has 1 amide bonds. The maximum atomic E-state index is 14.3. The summed E-state index contributed by atoms with van der Waals surface area (Å²) < 4.78 is 53.9. The molecule has 0 spiro atoms. The van der Waals surface area contributed by atoms with Crippen LogP contribution in [0.25, 0.3) is 0 Å². The van der Waals surface area contributed by atoms with Crippen LogP contribution in [0.2, 0.25) is 0 Å². The topological polar surface area (TPSA) is 147 Å². The van der Waals surface area contributed by atoms with Gasteiger partial charge in [0, 0.05) is 39.4 Å². The molecule has 0 aliphatic carbocycles. The van der Waals surface area contributed by atoms with Gasteiger partial charge in [-0.05, 0) is 49.8 Å². The highest BCUT2D eigenvalue weighted by Gasteiger charge is 2.48. The third-order valence-electron chi connectivity index (χ3n) is 8.96. The molecule has 0 bridgehead atoms. The summed E-state index contributed by atoms with van der Waals surface area (Å²) in [7, 11) is 3.63. The van der Waals surface area contributed by atoms with Crippen molar-refractivity contribution in [1.29, 1.82) is 0 Å². The number of allylic oxidation sites excluding steroid dienone is 1. The molecular weight excluding hydrogens is 692 g/mol. The summed E-state index contributed by atoms with van der Waals surface area (Å²) >= 11 is 0. The monoisotopic (exact) mass is 755 g/mol. The molecule has 3 atom stereocenters. The average molecular weight is 756 g/mol. The van der Waals surface area contributed by atoms with Crippen LogP contribution in [0.3, 0.4) is 0 Å². The Morgan fingerprint density at radius 1 is 0.811 bits per heavy atom. The predicted octanol–water partition coefficient (Wildman–Crippen LogP) is 7.06. The molecule has 1 aromatic rings. The van der Waals surface area contributed by atoms with E-state index in [4.69, 9.17) is 18.9 Å². The first-order valence-corrected chi connectivity index (χ1v) is 19.0. The largest absolute Gasteiger partial charge is 0.494 e. The highest BCUT2D eigenvalue weighted by atomic mass is 19.3. The molecule has 13 heteroatoms. The first-order valence-electron chi connectivity index (χ1n) is 19.0. The number of nitrogens with one attached hydrogen (secondary N) is 1. The summed E-state index contributed by atoms with van der Waals surface area (Å²) in [4.78, 5) is 51.9. The molecule has 0 heterocycles. The van der Waals surface area contributed by atoms with Gasteiger partial charge in [-0.15, -0.1) is 0 Å². The Hall–Kier alpha value is -3.58. The second kappa shape index (κ2) is 27.1. The van der Waals surface area contributed by atoms with Crippen LogP contribution in [0.4, 0.5) is 8.78 Å². The lowest BCUT2D eigenvalue weighted by atomic mass is 9.82. The van der Waals surface area contributed by atoms with E-state index in [1.54, 1.807) is 30.3 Å². The Bertz CT molecular complexity index is 1230. The number of methoxy groups -OCH3 is 3. The lowest BCUT2D eigenvalue weighted by Gasteiger charge is -2.32. The van der Waals surface area contributed by atoms with Crippen molar-refractivity contribution < 1.29 is 56.7 Å². The van der Waals surface area contributed by atoms with Gasteiger partial charge in [0.1, 0.15) is 11.8 Å². The number of halogens is 2. The zero-order valence-corrected chi connectivity index (χ0v) is 32.4. The molecule has 1 rings (SSSR count). The van der Waals surface area contributed by atoms with Gasteiger partial charge in [0.05, 0.1) is 26.7 Å². The molecule has 0 fully saturated rings. The van der Waals surface area contributed by atoms with Crippen molar-refractivity contribution in [2.24, 2.45) is 5.92 Å². The number of carbonyl (C=O) groups excluding carboxylic acids is 4. The molecule has 53 heavy (non-hydrogen) atoms. The van der Waals surface area contributed by atoms with E-state index in [1.807, 2.05) is 0 Å². The normalized spacial score (nSPS) is 13.9. The van der Waals surface area contributed by atoms with Crippen molar-refractivity contribution in [3.63, 3.8) is 0 Å². The van der Waals surface area contributed by atoms with Crippen LogP contribution in [-0.4, -0.2) is 87.6 Å². The number of rotatable bonds is 30. The van der Waals surface area contributed by atoms with Gasteiger partial charge in [-0.3, -0.25) is 4.79 Å². The van der Waals surface area contributed by atoms with E-state index in [9.17, 15) is 33.1 Å². The van der Waals surface area contributed by atoms with Gasteiger partial charge in [-0.2, -0.15) is 0 Å². The summed E-state index contributed by atoms with van der Waals surface area (Å²) in [6.07, 6.45) is 11.4. The lowest BCUT2D eigenvalue weighted by Crippen LogP contribution is -2.55. The van der Waals surface area contributed by atoms with Crippen LogP contribution >= 0.6 is 0 Å². The maximum absolute atomic E-state index is 14.3. The molecule has 2 N–H and O–H groups in total. The molecule has 302 valence electrons. The van der Waals surface area contributed by atoms with E-state index >= 15 is 0 Å². The van der Waals surface area contributed by atoms with E-state index in [1.165, 1.54) is 20.3 Å². The van der Waals surface area contributed by atoms with Crippen molar-refractivity contribution in [2.75, 3.05) is 41.2 Å². The number of hydrogen-bond donors (Lipinski definition) is 2. The van der Waals surface area contributed by atoms with Gasteiger partial charge in [0.2, 0.25) is 11.8 Å². The van der Waals surface area contributed by atoms with Crippen molar-refractivity contribution in [2.45, 2.75) is 134 Å². The summed E-state index contributed by atoms with van der Waals surface area (Å²) in [5.74, 6) is -7.35. The fraction of sp³-hybridized carbons (Fsp3) is 0.700. The first-order chi connectivity index (χ1) is 25.4. The van der Waals surface area contributed by atoms with Crippen LogP contribution in [-0.2, 0) is 44.5 Å². The quantitative estimate of drug-likeness (QED) is 0.0362. The Kier molecular flexibility index (Phi) is 24.2. The molecule has 1 aromatic carbocycles. The predicted molar refractivity (Wildman–Crippen MR) is 198 cm³/mol. The molecule has 0 saturated heterocycles. The molecule has 0 aliphatic heterocycles. The van der Waals surface area contributed by atoms with Crippen LogP contribution < -0.4 is 10.1 Å². The Balaban J connectivity index is 3.10. The highest BCUT2D eigenvalue weighted by molar-refractivity contribution is 5.94. The summed E-state index contributed by atoms with van der Waals surface area (Å²) in [6, 6.07) is 5.84. The lowest BCUT2D eigenvalue weighted by molar-refractivity contribution is -0.179. The van der Waals surface area contributed by atoms with E-state index in [0.717, 1.165) is 45.6 Å². The van der Waals surface area contributed by atoms with Crippen molar-refractivity contribution in [3.05, 3.63) is 42.0 Å². The van der Waals surface area contributed by atoms with E-state index < -0.39 is 53.9 Å². The summed E-state index contributed by atoms with van der Waals surface area (Å²) in [5.41, 5.74) is -1.82. The number of hydrogen-bond acceptors (Lipinski definition) is 10. The smallest absolute Gasteiger partial charge is 0.344 e. The first kappa shape index (κ1) is 47.4. The zero-order chi connectivity index (χ0) is 39.5. The molecule has 0 unspecified atom stereocenters. The van der Waals surface area contributed by atoms with Gasteiger partial charge in [0.25, 0.3) is 0 Å². The summed E-state index contributed by atoms with van der Waals surface area (Å²) in [5, 5.41) is 14.4. The molecule has 0 saturated carbocycles. The fourth-order valence-electron chi connectivity index (χ4n) is 5.65. The number of alkyl halides is 2. The second-order valence-corrected chi connectivity index (χ2v) is 13.3. The number of amides is 1. The Morgan fingerprint density at radius 3 is 2.02 bits per heavy atom. The van der Waals surface area contributed by atoms with Gasteiger partial charge in [-0.1, -0.05) is 83.1 Å². The Morgan fingerprint density at radius 2 is 1.43 bits per heavy atom. The van der Waals surface area contributed by atoms with Crippen molar-refractivity contribution in [1.82, 2.24) is 5.32 Å². The van der Waals surface area contributed by atoms with Crippen LogP contribution in [0.1, 0.15) is 116 Å².